The smallest absolute Gasteiger partial charge is 0.236 e. The number of hydrogen-bond acceptors (Lipinski definition) is 2. The summed E-state index contributed by atoms with van der Waals surface area (Å²) in [7, 11) is 0. The van der Waals surface area contributed by atoms with Crippen molar-refractivity contribution in [2.45, 2.75) is 20.3 Å². The second-order valence-corrected chi connectivity index (χ2v) is 6.12. The Morgan fingerprint density at radius 3 is 2.43 bits per heavy atom. The Kier molecular flexibility index (Phi) is 5.93. The van der Waals surface area contributed by atoms with Gasteiger partial charge in [-0.3, -0.25) is 9.59 Å². The van der Waals surface area contributed by atoms with E-state index in [4.69, 9.17) is 0 Å². The first-order valence-corrected chi connectivity index (χ1v) is 8.21. The first-order chi connectivity index (χ1) is 11.0. The van der Waals surface area contributed by atoms with Crippen molar-refractivity contribution in [3.8, 4) is 0 Å². The van der Waals surface area contributed by atoms with E-state index in [1.807, 2.05) is 50.2 Å². The number of amides is 2. The number of hydrogen-bond donors (Lipinski definition) is 1. The minimum Gasteiger partial charge on any atom is -0.326 e. The Morgan fingerprint density at radius 1 is 1.13 bits per heavy atom. The number of benzene rings is 2. The van der Waals surface area contributed by atoms with Crippen molar-refractivity contribution in [2.24, 2.45) is 0 Å². The van der Waals surface area contributed by atoms with E-state index in [-0.39, 0.29) is 18.2 Å². The third-order valence-corrected chi connectivity index (χ3v) is 3.90. The maximum atomic E-state index is 12.4. The Labute approximate surface area is 144 Å². The van der Waals surface area contributed by atoms with Gasteiger partial charge in [0.05, 0.1) is 0 Å². The summed E-state index contributed by atoms with van der Waals surface area (Å²) in [5, 5.41) is 2.73. The molecule has 0 unspecified atom stereocenters. The van der Waals surface area contributed by atoms with Gasteiger partial charge >= 0.3 is 0 Å². The molecular weight excluding hydrogens is 356 g/mol. The van der Waals surface area contributed by atoms with Gasteiger partial charge in [0.15, 0.2) is 0 Å². The molecule has 0 fully saturated rings. The summed E-state index contributed by atoms with van der Waals surface area (Å²) in [4.78, 5) is 26.1. The van der Waals surface area contributed by atoms with Crippen LogP contribution >= 0.6 is 15.9 Å². The van der Waals surface area contributed by atoms with Gasteiger partial charge in [-0.05, 0) is 55.8 Å². The minimum absolute atomic E-state index is 0.183. The van der Waals surface area contributed by atoms with E-state index < -0.39 is 0 Å². The Balaban J connectivity index is 2.01. The summed E-state index contributed by atoms with van der Waals surface area (Å²) in [6.07, 6.45) is -0.183. The van der Waals surface area contributed by atoms with E-state index >= 15 is 0 Å². The third-order valence-electron chi connectivity index (χ3n) is 3.37. The summed E-state index contributed by atoms with van der Waals surface area (Å²) in [6, 6.07) is 14.9. The third kappa shape index (κ3) is 4.93. The second kappa shape index (κ2) is 7.92. The zero-order chi connectivity index (χ0) is 16.8. The molecule has 0 atom stereocenters. The molecule has 0 saturated heterocycles. The first kappa shape index (κ1) is 17.2. The van der Waals surface area contributed by atoms with Gasteiger partial charge in [-0.1, -0.05) is 28.1 Å². The molecule has 0 heterocycles. The lowest BCUT2D eigenvalue weighted by Gasteiger charge is -2.21. The fourth-order valence-electron chi connectivity index (χ4n) is 2.27. The number of aryl methyl sites for hydroxylation is 1. The highest BCUT2D eigenvalue weighted by Gasteiger charge is 2.17. The average Bonchev–Trinajstić information content (AvgIpc) is 2.50. The maximum Gasteiger partial charge on any atom is 0.236 e. The molecule has 0 bridgehead atoms. The Hall–Kier alpha value is -2.14. The summed E-state index contributed by atoms with van der Waals surface area (Å²) in [6.45, 7) is 4.39. The van der Waals surface area contributed by atoms with Gasteiger partial charge in [0.2, 0.25) is 11.8 Å². The monoisotopic (exact) mass is 374 g/mol. The molecule has 4 nitrogen and oxygen atoms in total. The lowest BCUT2D eigenvalue weighted by atomic mass is 10.2. The van der Waals surface area contributed by atoms with Crippen LogP contribution in [0.2, 0.25) is 0 Å². The van der Waals surface area contributed by atoms with Gasteiger partial charge in [-0.25, -0.2) is 0 Å². The predicted molar refractivity (Wildman–Crippen MR) is 96.6 cm³/mol. The van der Waals surface area contributed by atoms with Crippen LogP contribution in [0.5, 0.6) is 0 Å². The molecule has 2 aromatic carbocycles. The molecule has 0 aromatic heterocycles. The molecule has 5 heteroatoms. The minimum atomic E-state index is -0.316. The van der Waals surface area contributed by atoms with Crippen LogP contribution in [0.25, 0.3) is 0 Å². The number of nitrogens with one attached hydrogen (secondary N) is 1. The molecule has 0 aliphatic heterocycles. The number of carbonyl (C=O) groups is 2. The van der Waals surface area contributed by atoms with Crippen LogP contribution in [0.1, 0.15) is 18.9 Å². The highest BCUT2D eigenvalue weighted by atomic mass is 79.9. The summed E-state index contributed by atoms with van der Waals surface area (Å²) in [5.74, 6) is -0.531. The zero-order valence-electron chi connectivity index (χ0n) is 13.2. The van der Waals surface area contributed by atoms with Crippen LogP contribution < -0.4 is 10.2 Å². The lowest BCUT2D eigenvalue weighted by Crippen LogP contribution is -2.33. The number of rotatable bonds is 5. The van der Waals surface area contributed by atoms with Crippen LogP contribution in [0.3, 0.4) is 0 Å². The highest BCUT2D eigenvalue weighted by molar-refractivity contribution is 9.10. The molecule has 1 N–H and O–H groups in total. The van der Waals surface area contributed by atoms with E-state index in [0.29, 0.717) is 12.2 Å². The van der Waals surface area contributed by atoms with Crippen LogP contribution in [-0.4, -0.2) is 18.4 Å². The Morgan fingerprint density at radius 2 is 1.83 bits per heavy atom. The van der Waals surface area contributed by atoms with Crippen molar-refractivity contribution < 1.29 is 9.59 Å². The maximum absolute atomic E-state index is 12.4. The molecule has 0 saturated carbocycles. The van der Waals surface area contributed by atoms with E-state index in [1.54, 1.807) is 17.0 Å². The van der Waals surface area contributed by atoms with E-state index in [2.05, 4.69) is 21.2 Å². The van der Waals surface area contributed by atoms with Gasteiger partial charge in [-0.2, -0.15) is 0 Å². The highest BCUT2D eigenvalue weighted by Crippen LogP contribution is 2.18. The van der Waals surface area contributed by atoms with Crippen LogP contribution in [-0.2, 0) is 9.59 Å². The molecule has 2 amide bonds. The van der Waals surface area contributed by atoms with Crippen LogP contribution in [0.4, 0.5) is 11.4 Å². The fourth-order valence-corrected chi connectivity index (χ4v) is 2.53. The van der Waals surface area contributed by atoms with Gasteiger partial charge in [0.1, 0.15) is 6.42 Å². The lowest BCUT2D eigenvalue weighted by molar-refractivity contribution is -0.125. The van der Waals surface area contributed by atoms with Crippen molar-refractivity contribution in [2.75, 3.05) is 16.8 Å². The number of carbonyl (C=O) groups excluding carboxylic acids is 2. The normalized spacial score (nSPS) is 10.2. The summed E-state index contributed by atoms with van der Waals surface area (Å²) >= 11 is 3.34. The SMILES string of the molecule is CCN(C(=O)CC(=O)Nc1ccc(Br)cc1)c1cccc(C)c1. The second-order valence-electron chi connectivity index (χ2n) is 5.21. The zero-order valence-corrected chi connectivity index (χ0v) is 14.8. The molecule has 0 spiro atoms. The Bertz CT molecular complexity index is 698. The largest absolute Gasteiger partial charge is 0.326 e. The number of nitrogens with zero attached hydrogens (tertiary/aromatic N) is 1. The first-order valence-electron chi connectivity index (χ1n) is 7.42. The fraction of sp³-hybridized carbons (Fsp3) is 0.222. The summed E-state index contributed by atoms with van der Waals surface area (Å²) in [5.41, 5.74) is 2.56. The van der Waals surface area contributed by atoms with Gasteiger partial charge in [-0.15, -0.1) is 0 Å². The molecule has 0 radical (unpaired) electrons. The summed E-state index contributed by atoms with van der Waals surface area (Å²) < 4.78 is 0.934. The predicted octanol–water partition coefficient (Wildman–Crippen LogP) is 4.14. The van der Waals surface area contributed by atoms with Crippen LogP contribution in [0, 0.1) is 6.92 Å². The molecule has 120 valence electrons. The molecule has 0 aliphatic rings. The van der Waals surface area contributed by atoms with Crippen molar-refractivity contribution in [1.82, 2.24) is 0 Å². The van der Waals surface area contributed by atoms with Crippen molar-refractivity contribution in [3.63, 3.8) is 0 Å². The topological polar surface area (TPSA) is 49.4 Å². The van der Waals surface area contributed by atoms with Gasteiger partial charge in [0, 0.05) is 22.4 Å². The molecule has 2 aromatic rings. The van der Waals surface area contributed by atoms with Gasteiger partial charge in [0.25, 0.3) is 0 Å². The van der Waals surface area contributed by atoms with Crippen molar-refractivity contribution in [3.05, 3.63) is 58.6 Å². The molecule has 0 aliphatic carbocycles. The quantitative estimate of drug-likeness (QED) is 0.799. The van der Waals surface area contributed by atoms with Crippen molar-refractivity contribution >= 4 is 39.1 Å². The van der Waals surface area contributed by atoms with Gasteiger partial charge < -0.3 is 10.2 Å². The average molecular weight is 375 g/mol. The van der Waals surface area contributed by atoms with E-state index in [0.717, 1.165) is 15.7 Å². The molecule has 2 rings (SSSR count). The van der Waals surface area contributed by atoms with Crippen LogP contribution in [0.15, 0.2) is 53.0 Å². The standard InChI is InChI=1S/C18H19BrN2O2/c1-3-21(16-6-4-5-13(2)11-16)18(23)12-17(22)20-15-9-7-14(19)8-10-15/h4-11H,3,12H2,1-2H3,(H,20,22). The number of anilines is 2. The molecular formula is C18H19BrN2O2. The number of halogens is 1. The molecule has 23 heavy (non-hydrogen) atoms. The van der Waals surface area contributed by atoms with E-state index in [9.17, 15) is 9.59 Å². The van der Waals surface area contributed by atoms with Crippen molar-refractivity contribution in [1.29, 1.82) is 0 Å². The van der Waals surface area contributed by atoms with E-state index in [1.165, 1.54) is 0 Å².